The highest BCUT2D eigenvalue weighted by molar-refractivity contribution is 6.04. The zero-order valence-electron chi connectivity index (χ0n) is 14.6. The van der Waals surface area contributed by atoms with Gasteiger partial charge in [-0.3, -0.25) is 9.59 Å². The number of pyridine rings is 1. The Kier molecular flexibility index (Phi) is 4.40. The van der Waals surface area contributed by atoms with Gasteiger partial charge in [0.15, 0.2) is 11.4 Å². The fourth-order valence-corrected chi connectivity index (χ4v) is 3.12. The first-order valence-electron chi connectivity index (χ1n) is 8.52. The topological polar surface area (TPSA) is 132 Å². The summed E-state index contributed by atoms with van der Waals surface area (Å²) in [5.41, 5.74) is 1.90. The van der Waals surface area contributed by atoms with Gasteiger partial charge in [-0.15, -0.1) is 0 Å². The summed E-state index contributed by atoms with van der Waals surface area (Å²) >= 11 is 0. The maximum Gasteiger partial charge on any atom is 0.322 e. The van der Waals surface area contributed by atoms with Crippen LogP contribution in [0.1, 0.15) is 34.7 Å². The third kappa shape index (κ3) is 3.25. The van der Waals surface area contributed by atoms with Crippen molar-refractivity contribution in [1.29, 1.82) is 0 Å². The van der Waals surface area contributed by atoms with Gasteiger partial charge >= 0.3 is 5.97 Å². The molecule has 1 saturated carbocycles. The van der Waals surface area contributed by atoms with E-state index in [4.69, 9.17) is 15.8 Å². The number of nitrogens with two attached hydrogens (primary N) is 1. The fourth-order valence-electron chi connectivity index (χ4n) is 3.12. The van der Waals surface area contributed by atoms with E-state index < -0.39 is 18.4 Å². The molecule has 9 nitrogen and oxygen atoms in total. The van der Waals surface area contributed by atoms with E-state index in [2.05, 4.69) is 15.4 Å². The molecule has 4 N–H and O–H groups in total. The molecule has 2 heterocycles. The van der Waals surface area contributed by atoms with Gasteiger partial charge in [0.05, 0.1) is 5.69 Å². The zero-order valence-corrected chi connectivity index (χ0v) is 14.6. The Hall–Kier alpha value is -3.53. The SMILES string of the molecule is NOc1cc(-c2cc(F)cc(C3CC3)c2)n2ncnc2c1C(=O)NCC(=O)O. The maximum absolute atomic E-state index is 14.2. The summed E-state index contributed by atoms with van der Waals surface area (Å²) in [6, 6.07) is 6.17. The summed E-state index contributed by atoms with van der Waals surface area (Å²) in [4.78, 5) is 32.1. The van der Waals surface area contributed by atoms with Crippen LogP contribution >= 0.6 is 0 Å². The summed E-state index contributed by atoms with van der Waals surface area (Å²) in [7, 11) is 0. The van der Waals surface area contributed by atoms with Gasteiger partial charge in [-0.1, -0.05) is 0 Å². The minimum absolute atomic E-state index is 0.0318. The number of hydrogen-bond acceptors (Lipinski definition) is 6. The van der Waals surface area contributed by atoms with E-state index in [-0.39, 0.29) is 22.8 Å². The lowest BCUT2D eigenvalue weighted by Gasteiger charge is -2.13. The molecule has 0 radical (unpaired) electrons. The van der Waals surface area contributed by atoms with Crippen molar-refractivity contribution in [2.45, 2.75) is 18.8 Å². The number of carbonyl (C=O) groups is 2. The van der Waals surface area contributed by atoms with Gasteiger partial charge in [0, 0.05) is 11.6 Å². The Bertz CT molecular complexity index is 1090. The molecule has 144 valence electrons. The highest BCUT2D eigenvalue weighted by Crippen LogP contribution is 2.42. The highest BCUT2D eigenvalue weighted by atomic mass is 19.1. The van der Waals surface area contributed by atoms with Crippen molar-refractivity contribution in [1.82, 2.24) is 19.9 Å². The molecule has 0 saturated heterocycles. The summed E-state index contributed by atoms with van der Waals surface area (Å²) in [5, 5.41) is 15.1. The van der Waals surface area contributed by atoms with E-state index in [1.807, 2.05) is 6.07 Å². The molecule has 1 fully saturated rings. The number of carboxylic acid groups (broad SMARTS) is 1. The van der Waals surface area contributed by atoms with Crippen LogP contribution in [0.4, 0.5) is 4.39 Å². The molecule has 28 heavy (non-hydrogen) atoms. The second-order valence-corrected chi connectivity index (χ2v) is 6.51. The average Bonchev–Trinajstić information content (AvgIpc) is 3.41. The summed E-state index contributed by atoms with van der Waals surface area (Å²) in [5.74, 6) is 3.33. The van der Waals surface area contributed by atoms with Gasteiger partial charge in [-0.25, -0.2) is 13.9 Å². The molecule has 0 spiro atoms. The minimum Gasteiger partial charge on any atom is -0.480 e. The van der Waals surface area contributed by atoms with Crippen molar-refractivity contribution >= 4 is 17.5 Å². The first kappa shape index (κ1) is 17.9. The molecule has 0 atom stereocenters. The fraction of sp³-hybridized carbons (Fsp3) is 0.222. The lowest BCUT2D eigenvalue weighted by Crippen LogP contribution is -2.30. The van der Waals surface area contributed by atoms with E-state index in [1.54, 1.807) is 0 Å². The number of fused-ring (bicyclic) bond motifs is 1. The number of aromatic nitrogens is 3. The van der Waals surface area contributed by atoms with E-state index in [1.165, 1.54) is 29.0 Å². The van der Waals surface area contributed by atoms with Crippen LogP contribution in [0.5, 0.6) is 5.75 Å². The second-order valence-electron chi connectivity index (χ2n) is 6.51. The van der Waals surface area contributed by atoms with Crippen molar-refractivity contribution < 1.29 is 23.9 Å². The quantitative estimate of drug-likeness (QED) is 0.548. The number of carboxylic acids is 1. The normalized spacial score (nSPS) is 13.5. The second kappa shape index (κ2) is 6.89. The minimum atomic E-state index is -1.20. The molecule has 3 aromatic rings. The van der Waals surface area contributed by atoms with Crippen molar-refractivity contribution in [2.75, 3.05) is 6.54 Å². The number of benzene rings is 1. The van der Waals surface area contributed by atoms with E-state index in [0.717, 1.165) is 18.4 Å². The van der Waals surface area contributed by atoms with Crippen LogP contribution in [0.3, 0.4) is 0 Å². The lowest BCUT2D eigenvalue weighted by molar-refractivity contribution is -0.135. The molecule has 10 heteroatoms. The molecular weight excluding hydrogens is 369 g/mol. The van der Waals surface area contributed by atoms with Crippen molar-refractivity contribution in [3.8, 4) is 17.0 Å². The van der Waals surface area contributed by atoms with Crippen LogP contribution in [0.15, 0.2) is 30.6 Å². The highest BCUT2D eigenvalue weighted by Gasteiger charge is 2.26. The standard InChI is InChI=1S/C18H16FN5O4/c19-12-4-10(9-1-2-9)3-11(5-12)13-6-14(28-20)16(17-22-8-23-24(13)17)18(27)21-7-15(25)26/h3-6,8-9H,1-2,7,20H2,(H,21,27)(H,25,26). The largest absolute Gasteiger partial charge is 0.480 e. The smallest absolute Gasteiger partial charge is 0.322 e. The van der Waals surface area contributed by atoms with E-state index in [9.17, 15) is 14.0 Å². The van der Waals surface area contributed by atoms with Crippen LogP contribution in [0.2, 0.25) is 0 Å². The average molecular weight is 385 g/mol. The molecule has 0 unspecified atom stereocenters. The number of nitrogens with one attached hydrogen (secondary N) is 1. The summed E-state index contributed by atoms with van der Waals surface area (Å²) in [6.07, 6.45) is 3.26. The molecule has 4 rings (SSSR count). The molecule has 2 aromatic heterocycles. The number of halogens is 1. The first-order valence-corrected chi connectivity index (χ1v) is 8.52. The molecule has 1 aliphatic carbocycles. The zero-order chi connectivity index (χ0) is 19.8. The third-order valence-corrected chi connectivity index (χ3v) is 4.53. The molecule has 1 amide bonds. The third-order valence-electron chi connectivity index (χ3n) is 4.53. The number of aliphatic carboxylic acids is 1. The van der Waals surface area contributed by atoms with Crippen LogP contribution in [-0.2, 0) is 4.79 Å². The first-order chi connectivity index (χ1) is 13.5. The van der Waals surface area contributed by atoms with Gasteiger partial charge in [-0.05, 0) is 42.5 Å². The molecular formula is C18H16FN5O4. The van der Waals surface area contributed by atoms with Gasteiger partial charge in [0.1, 0.15) is 24.3 Å². The summed E-state index contributed by atoms with van der Waals surface area (Å²) in [6.45, 7) is -0.584. The van der Waals surface area contributed by atoms with Crippen LogP contribution in [0, 0.1) is 5.82 Å². The number of hydrogen-bond donors (Lipinski definition) is 3. The van der Waals surface area contributed by atoms with Gasteiger partial charge in [0.25, 0.3) is 5.91 Å². The van der Waals surface area contributed by atoms with Crippen LogP contribution in [0.25, 0.3) is 16.9 Å². The maximum atomic E-state index is 14.2. The van der Waals surface area contributed by atoms with E-state index >= 15 is 0 Å². The predicted molar refractivity (Wildman–Crippen MR) is 95.1 cm³/mol. The van der Waals surface area contributed by atoms with Crippen LogP contribution < -0.4 is 16.1 Å². The Morgan fingerprint density at radius 1 is 1.32 bits per heavy atom. The number of amides is 1. The molecule has 0 bridgehead atoms. The molecule has 1 aliphatic rings. The molecule has 1 aromatic carbocycles. The van der Waals surface area contributed by atoms with Gasteiger partial charge in [-0.2, -0.15) is 11.0 Å². The number of rotatable bonds is 6. The van der Waals surface area contributed by atoms with Crippen molar-refractivity contribution in [3.63, 3.8) is 0 Å². The Labute approximate surface area is 157 Å². The monoisotopic (exact) mass is 385 g/mol. The Balaban J connectivity index is 1.86. The lowest BCUT2D eigenvalue weighted by atomic mass is 10.0. The Morgan fingerprint density at radius 3 is 2.79 bits per heavy atom. The van der Waals surface area contributed by atoms with Crippen LogP contribution in [-0.4, -0.2) is 38.1 Å². The van der Waals surface area contributed by atoms with Crippen molar-refractivity contribution in [2.24, 2.45) is 5.90 Å². The summed E-state index contributed by atoms with van der Waals surface area (Å²) < 4.78 is 15.5. The van der Waals surface area contributed by atoms with Crippen molar-refractivity contribution in [3.05, 3.63) is 47.5 Å². The number of carbonyl (C=O) groups excluding carboxylic acids is 1. The predicted octanol–water partition coefficient (Wildman–Crippen LogP) is 1.48. The van der Waals surface area contributed by atoms with Gasteiger partial charge < -0.3 is 15.3 Å². The van der Waals surface area contributed by atoms with E-state index in [0.29, 0.717) is 17.2 Å². The number of nitrogens with zero attached hydrogens (tertiary/aromatic N) is 3. The van der Waals surface area contributed by atoms with Gasteiger partial charge in [0.2, 0.25) is 0 Å². The Morgan fingerprint density at radius 2 is 2.11 bits per heavy atom. The molecule has 0 aliphatic heterocycles.